The molecular formula is C34H47ClN2O6Si. The van der Waals surface area contributed by atoms with Crippen LogP contribution in [0.15, 0.2) is 65.3 Å². The van der Waals surface area contributed by atoms with Gasteiger partial charge in [-0.15, -0.1) is 0 Å². The molecule has 0 aliphatic heterocycles. The number of furan rings is 1. The maximum Gasteiger partial charge on any atom is 0.429 e. The van der Waals surface area contributed by atoms with Crippen molar-refractivity contribution in [2.24, 2.45) is 0 Å². The lowest BCUT2D eigenvalue weighted by Gasteiger charge is -2.43. The van der Waals surface area contributed by atoms with E-state index in [2.05, 4.69) is 40.8 Å². The van der Waals surface area contributed by atoms with Crippen molar-refractivity contribution < 1.29 is 27.9 Å². The molecule has 0 aliphatic rings. The third kappa shape index (κ3) is 8.89. The highest BCUT2D eigenvalue weighted by atomic mass is 35.5. The lowest BCUT2D eigenvalue weighted by molar-refractivity contribution is 0.0125. The fourth-order valence-corrected chi connectivity index (χ4v) is 5.86. The van der Waals surface area contributed by atoms with Crippen molar-refractivity contribution in [3.63, 3.8) is 0 Å². The Labute approximate surface area is 268 Å². The van der Waals surface area contributed by atoms with Gasteiger partial charge in [-0.05, 0) is 93.4 Å². The minimum absolute atomic E-state index is 0.0611. The lowest BCUT2D eigenvalue weighted by atomic mass is 10.1. The molecule has 0 saturated heterocycles. The monoisotopic (exact) mass is 642 g/mol. The molecule has 0 N–H and O–H groups in total. The first-order valence-corrected chi connectivity index (χ1v) is 18.2. The first-order valence-electron chi connectivity index (χ1n) is 14.9. The number of hydrogen-bond acceptors (Lipinski definition) is 7. The summed E-state index contributed by atoms with van der Waals surface area (Å²) in [5.74, 6) is -0.0615. The van der Waals surface area contributed by atoms with Crippen LogP contribution in [0, 0.1) is 0 Å². The fraction of sp³-hybridized carbons (Fsp3) is 0.471. The molecule has 10 heteroatoms. The number of amides is 1. The Kier molecular flexibility index (Phi) is 11.4. The van der Waals surface area contributed by atoms with Crippen LogP contribution in [0.1, 0.15) is 76.9 Å². The minimum Gasteiger partial charge on any atom is -0.465 e. The van der Waals surface area contributed by atoms with Crippen molar-refractivity contribution in [2.75, 3.05) is 25.2 Å². The van der Waals surface area contributed by atoms with E-state index in [0.29, 0.717) is 28.5 Å². The number of nitrogens with zero attached hydrogens (tertiary/aromatic N) is 2. The second kappa shape index (κ2) is 14.2. The zero-order valence-corrected chi connectivity index (χ0v) is 29.4. The van der Waals surface area contributed by atoms with E-state index < -0.39 is 32.1 Å². The minimum atomic E-state index is -2.29. The van der Waals surface area contributed by atoms with Gasteiger partial charge in [-0.25, -0.2) is 14.6 Å². The van der Waals surface area contributed by atoms with E-state index in [1.807, 2.05) is 74.3 Å². The van der Waals surface area contributed by atoms with E-state index in [1.54, 1.807) is 11.1 Å². The second-order valence-electron chi connectivity index (χ2n) is 13.3. The van der Waals surface area contributed by atoms with E-state index in [1.165, 1.54) is 13.4 Å². The van der Waals surface area contributed by atoms with Crippen LogP contribution in [-0.2, 0) is 13.9 Å². The van der Waals surface area contributed by atoms with Gasteiger partial charge in [-0.1, -0.05) is 51.4 Å². The molecule has 0 bridgehead atoms. The number of hydrazine groups is 1. The SMILES string of the molecule is CCCN(c1ccc(-c2occc2C(=O)OC)cc1)N(C[C@H](O[Si](C)(C)C(C)(C)C)c1cccc(Cl)c1)C(=O)OC(C)(C)C. The first kappa shape index (κ1) is 35.2. The highest BCUT2D eigenvalue weighted by molar-refractivity contribution is 6.74. The van der Waals surface area contributed by atoms with Crippen molar-refractivity contribution in [3.8, 4) is 11.3 Å². The molecule has 0 spiro atoms. The number of anilines is 1. The molecule has 0 unspecified atom stereocenters. The number of carbonyl (C=O) groups excluding carboxylic acids is 2. The number of carbonyl (C=O) groups is 2. The van der Waals surface area contributed by atoms with Gasteiger partial charge in [0.1, 0.15) is 16.9 Å². The lowest BCUT2D eigenvalue weighted by Crippen LogP contribution is -2.52. The number of methoxy groups -OCH3 is 1. The second-order valence-corrected chi connectivity index (χ2v) is 18.5. The van der Waals surface area contributed by atoms with Crippen LogP contribution in [0.2, 0.25) is 23.2 Å². The molecule has 1 atom stereocenters. The van der Waals surface area contributed by atoms with Crippen molar-refractivity contribution in [1.29, 1.82) is 0 Å². The quantitative estimate of drug-likeness (QED) is 0.117. The van der Waals surface area contributed by atoms with Gasteiger partial charge in [-0.2, -0.15) is 0 Å². The van der Waals surface area contributed by atoms with Crippen LogP contribution in [0.5, 0.6) is 0 Å². The first-order chi connectivity index (χ1) is 20.5. The summed E-state index contributed by atoms with van der Waals surface area (Å²) in [5, 5.41) is 4.10. The fourth-order valence-electron chi connectivity index (χ4n) is 4.38. The van der Waals surface area contributed by atoms with Crippen molar-refractivity contribution in [1.82, 2.24) is 5.01 Å². The third-order valence-corrected chi connectivity index (χ3v) is 12.4. The Morgan fingerprint density at radius 3 is 2.20 bits per heavy atom. The topological polar surface area (TPSA) is 81.5 Å². The standard InChI is InChI=1S/C34H47ClN2O6Si/c1-11-20-36(27-17-15-24(16-18-27)30-28(19-21-41-30)31(38)40-8)37(32(39)42-33(2,3)4)23-29(25-13-12-14-26(35)22-25)43-44(9,10)34(5,6)7/h12-19,21-22,29H,11,20,23H2,1-10H3/t29-/m0/s1. The average molecular weight is 643 g/mol. The van der Waals surface area contributed by atoms with Crippen molar-refractivity contribution in [2.45, 2.75) is 84.7 Å². The number of esters is 1. The van der Waals surface area contributed by atoms with E-state index in [-0.39, 0.29) is 11.6 Å². The van der Waals surface area contributed by atoms with Gasteiger partial charge < -0.3 is 18.3 Å². The maximum absolute atomic E-state index is 14.0. The van der Waals surface area contributed by atoms with Gasteiger partial charge in [0.2, 0.25) is 0 Å². The molecule has 8 nitrogen and oxygen atoms in total. The summed E-state index contributed by atoms with van der Waals surface area (Å²) in [4.78, 5) is 26.2. The maximum atomic E-state index is 14.0. The number of hydrogen-bond donors (Lipinski definition) is 0. The molecule has 3 aromatic rings. The van der Waals surface area contributed by atoms with Gasteiger partial charge in [0.15, 0.2) is 8.32 Å². The van der Waals surface area contributed by atoms with Crippen LogP contribution >= 0.6 is 11.6 Å². The number of ether oxygens (including phenoxy) is 2. The Morgan fingerprint density at radius 1 is 1.00 bits per heavy atom. The Balaban J connectivity index is 2.09. The molecule has 2 aromatic carbocycles. The largest absolute Gasteiger partial charge is 0.465 e. The summed E-state index contributed by atoms with van der Waals surface area (Å²) in [6, 6.07) is 16.7. The highest BCUT2D eigenvalue weighted by Crippen LogP contribution is 2.40. The van der Waals surface area contributed by atoms with Crippen LogP contribution in [0.25, 0.3) is 11.3 Å². The van der Waals surface area contributed by atoms with E-state index in [9.17, 15) is 9.59 Å². The number of rotatable bonds is 11. The number of benzene rings is 2. The van der Waals surface area contributed by atoms with Crippen LogP contribution in [-0.4, -0.2) is 51.2 Å². The summed E-state index contributed by atoms with van der Waals surface area (Å²) in [5.41, 5.74) is 1.98. The molecule has 0 fully saturated rings. The molecule has 240 valence electrons. The predicted molar refractivity (Wildman–Crippen MR) is 179 cm³/mol. The molecule has 44 heavy (non-hydrogen) atoms. The smallest absolute Gasteiger partial charge is 0.429 e. The molecule has 3 rings (SSSR count). The number of halogens is 1. The van der Waals surface area contributed by atoms with Crippen molar-refractivity contribution >= 4 is 37.7 Å². The van der Waals surface area contributed by atoms with E-state index in [0.717, 1.165) is 17.7 Å². The molecule has 0 aliphatic carbocycles. The van der Waals surface area contributed by atoms with Gasteiger partial charge in [-0.3, -0.25) is 5.01 Å². The summed E-state index contributed by atoms with van der Waals surface area (Å²) in [6.07, 6.45) is 1.27. The Bertz CT molecular complexity index is 1410. The third-order valence-electron chi connectivity index (χ3n) is 7.63. The van der Waals surface area contributed by atoms with Gasteiger partial charge in [0.05, 0.1) is 31.7 Å². The summed E-state index contributed by atoms with van der Waals surface area (Å²) in [6.45, 7) is 19.3. The van der Waals surface area contributed by atoms with Crippen LogP contribution < -0.4 is 5.01 Å². The van der Waals surface area contributed by atoms with Gasteiger partial charge in [0, 0.05) is 17.1 Å². The Hall–Kier alpha value is -3.27. The van der Waals surface area contributed by atoms with E-state index in [4.69, 9.17) is 29.9 Å². The van der Waals surface area contributed by atoms with Crippen molar-refractivity contribution in [3.05, 3.63) is 77.0 Å². The summed E-state index contributed by atoms with van der Waals surface area (Å²) < 4.78 is 23.5. The predicted octanol–water partition coefficient (Wildman–Crippen LogP) is 9.52. The normalized spacial score (nSPS) is 12.9. The summed E-state index contributed by atoms with van der Waals surface area (Å²) in [7, 11) is -0.959. The zero-order chi connectivity index (χ0) is 32.9. The van der Waals surface area contributed by atoms with E-state index >= 15 is 0 Å². The average Bonchev–Trinajstić information content (AvgIpc) is 3.42. The van der Waals surface area contributed by atoms with Gasteiger partial charge in [0.25, 0.3) is 0 Å². The molecule has 1 amide bonds. The molecule has 0 radical (unpaired) electrons. The molecule has 1 aromatic heterocycles. The molecule has 0 saturated carbocycles. The summed E-state index contributed by atoms with van der Waals surface area (Å²) >= 11 is 6.44. The highest BCUT2D eigenvalue weighted by Gasteiger charge is 2.41. The van der Waals surface area contributed by atoms with Crippen LogP contribution in [0.3, 0.4) is 0 Å². The molecule has 1 heterocycles. The molecular weight excluding hydrogens is 596 g/mol. The zero-order valence-electron chi connectivity index (χ0n) is 27.7. The Morgan fingerprint density at radius 2 is 1.66 bits per heavy atom. The van der Waals surface area contributed by atoms with Crippen LogP contribution in [0.4, 0.5) is 10.5 Å². The van der Waals surface area contributed by atoms with Gasteiger partial charge >= 0.3 is 12.1 Å².